The Morgan fingerprint density at radius 1 is 1.12 bits per heavy atom. The lowest BCUT2D eigenvalue weighted by Crippen LogP contribution is -2.22. The number of thiophene rings is 1. The van der Waals surface area contributed by atoms with E-state index in [1.165, 1.54) is 4.88 Å². The first-order chi connectivity index (χ1) is 16.2. The van der Waals surface area contributed by atoms with Gasteiger partial charge in [-0.05, 0) is 48.4 Å². The molecule has 0 amide bonds. The minimum atomic E-state index is 0.389. The van der Waals surface area contributed by atoms with E-state index in [-0.39, 0.29) is 0 Å². The molecule has 0 radical (unpaired) electrons. The Bertz CT molecular complexity index is 1390. The van der Waals surface area contributed by atoms with Gasteiger partial charge in [-0.2, -0.15) is 15.4 Å². The van der Waals surface area contributed by atoms with Crippen molar-refractivity contribution in [2.45, 2.75) is 19.8 Å². The summed E-state index contributed by atoms with van der Waals surface area (Å²) in [7, 11) is 0. The van der Waals surface area contributed by atoms with Crippen molar-refractivity contribution in [2.24, 2.45) is 9.98 Å². The van der Waals surface area contributed by atoms with Crippen LogP contribution in [0.1, 0.15) is 16.0 Å². The zero-order chi connectivity index (χ0) is 22.6. The summed E-state index contributed by atoms with van der Waals surface area (Å²) in [5, 5.41) is 23.0. The Hall–Kier alpha value is -4.22. The van der Waals surface area contributed by atoms with Gasteiger partial charge in [-0.1, -0.05) is 30.3 Å². The highest BCUT2D eigenvalue weighted by Gasteiger charge is 2.15. The lowest BCUT2D eigenvalue weighted by molar-refractivity contribution is 1.08. The summed E-state index contributed by atoms with van der Waals surface area (Å²) in [5.41, 5.74) is 4.87. The van der Waals surface area contributed by atoms with Crippen LogP contribution in [0.2, 0.25) is 0 Å². The topological polar surface area (TPSA) is 101 Å². The highest BCUT2D eigenvalue weighted by atomic mass is 32.1. The van der Waals surface area contributed by atoms with E-state index >= 15 is 0 Å². The number of para-hydroxylation sites is 1. The van der Waals surface area contributed by atoms with Gasteiger partial charge in [0.1, 0.15) is 5.84 Å². The van der Waals surface area contributed by atoms with E-state index in [1.54, 1.807) is 11.3 Å². The molecule has 0 spiro atoms. The van der Waals surface area contributed by atoms with Crippen LogP contribution in [0.25, 0.3) is 10.6 Å². The van der Waals surface area contributed by atoms with Gasteiger partial charge in [-0.25, -0.2) is 4.99 Å². The van der Waals surface area contributed by atoms with Gasteiger partial charge in [-0.15, -0.1) is 11.3 Å². The van der Waals surface area contributed by atoms with Crippen LogP contribution in [0, 0.1) is 18.3 Å². The van der Waals surface area contributed by atoms with E-state index < -0.39 is 0 Å². The number of nitriles is 1. The minimum absolute atomic E-state index is 0.389. The van der Waals surface area contributed by atoms with Crippen LogP contribution in [0.4, 0.5) is 17.2 Å². The average Bonchev–Trinajstić information content (AvgIpc) is 3.41. The lowest BCUT2D eigenvalue weighted by atomic mass is 10.1. The molecule has 33 heavy (non-hydrogen) atoms. The van der Waals surface area contributed by atoms with Gasteiger partial charge in [-0.3, -0.25) is 5.10 Å². The standard InChI is InChI=1S/C25H21N7S/c1-16-6-11-22(33-16)21-15-24(32-31-21)29-23-14-18-4-2-3-5-20(18)28-25(30-23)27-19-9-7-17(8-10-19)12-13-26/h2-11,15H,12,14H2,1H3,(H3,27,28,29,30,31,32). The number of H-pyrrole nitrogens is 1. The predicted molar refractivity (Wildman–Crippen MR) is 134 cm³/mol. The molecule has 0 saturated carbocycles. The van der Waals surface area contributed by atoms with Crippen LogP contribution in [0.5, 0.6) is 0 Å². The van der Waals surface area contributed by atoms with Gasteiger partial charge in [0.2, 0.25) is 5.96 Å². The van der Waals surface area contributed by atoms with Gasteiger partial charge in [0.05, 0.1) is 23.1 Å². The van der Waals surface area contributed by atoms with E-state index in [0.29, 0.717) is 30.5 Å². The summed E-state index contributed by atoms with van der Waals surface area (Å²) in [5.74, 6) is 1.82. The largest absolute Gasteiger partial charge is 0.326 e. The van der Waals surface area contributed by atoms with Crippen molar-refractivity contribution in [1.82, 2.24) is 10.2 Å². The second-order valence-electron chi connectivity index (χ2n) is 7.65. The molecule has 162 valence electrons. The number of aromatic amines is 1. The number of nitrogens with zero attached hydrogens (tertiary/aromatic N) is 4. The number of hydrogen-bond donors (Lipinski definition) is 3. The summed E-state index contributed by atoms with van der Waals surface area (Å²) in [6, 6.07) is 24.1. The number of aryl methyl sites for hydroxylation is 1. The van der Waals surface area contributed by atoms with Crippen LogP contribution in [0.3, 0.4) is 0 Å². The predicted octanol–water partition coefficient (Wildman–Crippen LogP) is 5.68. The number of guanidine groups is 1. The molecule has 0 bridgehead atoms. The normalized spacial score (nSPS) is 14.1. The molecular weight excluding hydrogens is 430 g/mol. The van der Waals surface area contributed by atoms with Crippen LogP contribution >= 0.6 is 11.3 Å². The zero-order valence-corrected chi connectivity index (χ0v) is 18.8. The van der Waals surface area contributed by atoms with Crippen molar-refractivity contribution in [3.63, 3.8) is 0 Å². The molecule has 0 aliphatic carbocycles. The molecule has 2 aromatic carbocycles. The van der Waals surface area contributed by atoms with Gasteiger partial charge in [0, 0.05) is 28.7 Å². The second-order valence-corrected chi connectivity index (χ2v) is 8.94. The van der Waals surface area contributed by atoms with Crippen molar-refractivity contribution in [2.75, 3.05) is 10.6 Å². The van der Waals surface area contributed by atoms with Crippen LogP contribution in [-0.2, 0) is 12.8 Å². The first kappa shape index (κ1) is 20.7. The molecule has 0 fully saturated rings. The number of anilines is 2. The third-order valence-electron chi connectivity index (χ3n) is 5.17. The number of aliphatic imine (C=N–C) groups is 2. The SMILES string of the molecule is Cc1ccc(-c2cc(N=C3Cc4ccccc4NC(Nc4ccc(CC#N)cc4)=N3)n[nH]2)s1. The molecule has 4 aromatic rings. The number of fused-ring (bicyclic) bond motifs is 1. The zero-order valence-electron chi connectivity index (χ0n) is 18.0. The van der Waals surface area contributed by atoms with Crippen molar-refractivity contribution in [3.05, 3.63) is 82.7 Å². The van der Waals surface area contributed by atoms with Gasteiger partial charge in [0.25, 0.3) is 0 Å². The van der Waals surface area contributed by atoms with Gasteiger partial charge < -0.3 is 10.6 Å². The fraction of sp³-hybridized carbons (Fsp3) is 0.120. The van der Waals surface area contributed by atoms with E-state index in [1.807, 2.05) is 48.5 Å². The first-order valence-electron chi connectivity index (χ1n) is 10.5. The first-order valence-corrected chi connectivity index (χ1v) is 11.3. The Morgan fingerprint density at radius 2 is 1.97 bits per heavy atom. The minimum Gasteiger partial charge on any atom is -0.326 e. The van der Waals surface area contributed by atoms with Crippen molar-refractivity contribution < 1.29 is 0 Å². The number of rotatable bonds is 4. The quantitative estimate of drug-likeness (QED) is 0.371. The molecule has 0 atom stereocenters. The molecule has 3 heterocycles. The third kappa shape index (κ3) is 4.84. The number of nitrogens with one attached hydrogen (secondary N) is 3. The Morgan fingerprint density at radius 3 is 2.76 bits per heavy atom. The van der Waals surface area contributed by atoms with E-state index in [9.17, 15) is 0 Å². The molecule has 2 aromatic heterocycles. The Labute approximate surface area is 195 Å². The van der Waals surface area contributed by atoms with Crippen molar-refractivity contribution >= 4 is 40.3 Å². The number of benzene rings is 2. The maximum absolute atomic E-state index is 8.88. The fourth-order valence-electron chi connectivity index (χ4n) is 3.55. The molecule has 5 rings (SSSR count). The Balaban J connectivity index is 1.45. The Kier molecular flexibility index (Phi) is 5.70. The summed E-state index contributed by atoms with van der Waals surface area (Å²) in [6.07, 6.45) is 0.968. The highest BCUT2D eigenvalue weighted by molar-refractivity contribution is 7.15. The molecule has 7 nitrogen and oxygen atoms in total. The van der Waals surface area contributed by atoms with E-state index in [0.717, 1.165) is 33.1 Å². The summed E-state index contributed by atoms with van der Waals surface area (Å²) < 4.78 is 0. The lowest BCUT2D eigenvalue weighted by Gasteiger charge is -2.12. The highest BCUT2D eigenvalue weighted by Crippen LogP contribution is 2.29. The van der Waals surface area contributed by atoms with E-state index in [4.69, 9.17) is 15.2 Å². The summed E-state index contributed by atoms with van der Waals surface area (Å²) >= 11 is 1.71. The summed E-state index contributed by atoms with van der Waals surface area (Å²) in [4.78, 5) is 11.9. The maximum atomic E-state index is 8.88. The number of amidine groups is 1. The summed E-state index contributed by atoms with van der Waals surface area (Å²) in [6.45, 7) is 2.09. The van der Waals surface area contributed by atoms with Crippen LogP contribution < -0.4 is 10.6 Å². The molecule has 0 unspecified atom stereocenters. The number of aromatic nitrogens is 2. The molecule has 1 aliphatic heterocycles. The van der Waals surface area contributed by atoms with Gasteiger partial charge in [0.15, 0.2) is 5.82 Å². The monoisotopic (exact) mass is 451 g/mol. The fourth-order valence-corrected chi connectivity index (χ4v) is 4.39. The van der Waals surface area contributed by atoms with E-state index in [2.05, 4.69) is 52.0 Å². The third-order valence-corrected chi connectivity index (χ3v) is 6.21. The van der Waals surface area contributed by atoms with Crippen LogP contribution in [0.15, 0.2) is 76.7 Å². The van der Waals surface area contributed by atoms with Crippen molar-refractivity contribution in [1.29, 1.82) is 5.26 Å². The molecule has 8 heteroatoms. The molecular formula is C25H21N7S. The second kappa shape index (κ2) is 9.10. The smallest absolute Gasteiger partial charge is 0.206 e. The van der Waals surface area contributed by atoms with Crippen molar-refractivity contribution in [3.8, 4) is 16.6 Å². The average molecular weight is 452 g/mol. The maximum Gasteiger partial charge on any atom is 0.206 e. The number of hydrogen-bond acceptors (Lipinski definition) is 6. The van der Waals surface area contributed by atoms with Crippen LogP contribution in [-0.4, -0.2) is 22.0 Å². The van der Waals surface area contributed by atoms with Gasteiger partial charge >= 0.3 is 0 Å². The molecule has 1 aliphatic rings. The molecule has 0 saturated heterocycles. The molecule has 3 N–H and O–H groups in total.